The van der Waals surface area contributed by atoms with Crippen molar-refractivity contribution in [1.82, 2.24) is 10.3 Å². The maximum atomic E-state index is 5.92. The zero-order valence-corrected chi connectivity index (χ0v) is 15.9. The van der Waals surface area contributed by atoms with Gasteiger partial charge in [-0.3, -0.25) is 0 Å². The summed E-state index contributed by atoms with van der Waals surface area (Å²) >= 11 is 0. The van der Waals surface area contributed by atoms with Gasteiger partial charge in [-0.1, -0.05) is 30.3 Å². The van der Waals surface area contributed by atoms with E-state index in [1.54, 1.807) is 0 Å². The predicted octanol–water partition coefficient (Wildman–Crippen LogP) is 5.08. The highest BCUT2D eigenvalue weighted by atomic mass is 16.5. The van der Waals surface area contributed by atoms with E-state index in [-0.39, 0.29) is 0 Å². The lowest BCUT2D eigenvalue weighted by Crippen LogP contribution is -2.20. The molecule has 1 unspecified atom stereocenters. The first-order valence-corrected chi connectivity index (χ1v) is 9.69. The van der Waals surface area contributed by atoms with Gasteiger partial charge in [-0.05, 0) is 56.5 Å². The van der Waals surface area contributed by atoms with Gasteiger partial charge in [0, 0.05) is 24.1 Å². The van der Waals surface area contributed by atoms with Crippen molar-refractivity contribution < 1.29 is 9.15 Å². The number of rotatable bonds is 6. The zero-order chi connectivity index (χ0) is 18.6. The van der Waals surface area contributed by atoms with Crippen LogP contribution >= 0.6 is 0 Å². The average Bonchev–Trinajstić information content (AvgIpc) is 3.29. The molecule has 4 heteroatoms. The van der Waals surface area contributed by atoms with Crippen LogP contribution in [-0.4, -0.2) is 17.6 Å². The molecule has 3 aromatic rings. The number of hydrogen-bond acceptors (Lipinski definition) is 4. The number of ether oxygens (including phenoxy) is 1. The minimum Gasteiger partial charge on any atom is -0.493 e. The zero-order valence-electron chi connectivity index (χ0n) is 15.9. The molecule has 2 atom stereocenters. The van der Waals surface area contributed by atoms with Gasteiger partial charge in [0.15, 0.2) is 0 Å². The van der Waals surface area contributed by atoms with Crippen LogP contribution in [0.5, 0.6) is 5.75 Å². The van der Waals surface area contributed by atoms with Crippen molar-refractivity contribution in [2.24, 2.45) is 0 Å². The number of aryl methyl sites for hydroxylation is 1. The smallest absolute Gasteiger partial charge is 0.226 e. The molecule has 0 radical (unpaired) electrons. The molecule has 1 fully saturated rings. The van der Waals surface area contributed by atoms with Crippen LogP contribution in [0, 0.1) is 6.92 Å². The summed E-state index contributed by atoms with van der Waals surface area (Å²) in [6, 6.07) is 19.5. The highest BCUT2D eigenvalue weighted by molar-refractivity contribution is 5.53. The van der Waals surface area contributed by atoms with Crippen LogP contribution in [0.25, 0.3) is 11.5 Å². The molecule has 0 saturated carbocycles. The molecule has 140 valence electrons. The third-order valence-corrected chi connectivity index (χ3v) is 5.18. The molecule has 1 saturated heterocycles. The summed E-state index contributed by atoms with van der Waals surface area (Å²) in [5.74, 6) is 2.43. The van der Waals surface area contributed by atoms with Crippen molar-refractivity contribution in [3.63, 3.8) is 0 Å². The minimum absolute atomic E-state index is 0.475. The topological polar surface area (TPSA) is 47.3 Å². The van der Waals surface area contributed by atoms with Gasteiger partial charge in [-0.25, -0.2) is 4.98 Å². The molecule has 4 rings (SSSR count). The first-order chi connectivity index (χ1) is 13.2. The Morgan fingerprint density at radius 3 is 2.56 bits per heavy atom. The van der Waals surface area contributed by atoms with Gasteiger partial charge in [0.25, 0.3) is 0 Å². The second-order valence-electron chi connectivity index (χ2n) is 7.25. The molecular weight excluding hydrogens is 336 g/mol. The van der Waals surface area contributed by atoms with Gasteiger partial charge in [-0.2, -0.15) is 0 Å². The number of nitrogens with zero attached hydrogens (tertiary/aromatic N) is 1. The molecule has 27 heavy (non-hydrogen) atoms. The fourth-order valence-corrected chi connectivity index (χ4v) is 3.62. The third kappa shape index (κ3) is 4.22. The van der Waals surface area contributed by atoms with Crippen LogP contribution in [0.3, 0.4) is 0 Å². The van der Waals surface area contributed by atoms with E-state index in [0.29, 0.717) is 24.6 Å². The molecule has 0 bridgehead atoms. The molecule has 2 heterocycles. The van der Waals surface area contributed by atoms with Crippen LogP contribution < -0.4 is 10.1 Å². The van der Waals surface area contributed by atoms with E-state index >= 15 is 0 Å². The largest absolute Gasteiger partial charge is 0.493 e. The van der Waals surface area contributed by atoms with E-state index in [2.05, 4.69) is 41.5 Å². The molecular formula is C23H26N2O2. The van der Waals surface area contributed by atoms with Crippen molar-refractivity contribution in [2.75, 3.05) is 6.61 Å². The molecule has 1 aliphatic heterocycles. The summed E-state index contributed by atoms with van der Waals surface area (Å²) in [6.45, 7) is 4.78. The van der Waals surface area contributed by atoms with Crippen LogP contribution in [-0.2, 0) is 6.42 Å². The summed E-state index contributed by atoms with van der Waals surface area (Å²) in [7, 11) is 0. The summed E-state index contributed by atoms with van der Waals surface area (Å²) in [6.07, 6.45) is 3.17. The molecule has 1 N–H and O–H groups in total. The molecule has 4 nitrogen and oxygen atoms in total. The summed E-state index contributed by atoms with van der Waals surface area (Å²) in [4.78, 5) is 4.63. The second-order valence-corrected chi connectivity index (χ2v) is 7.25. The Hall–Kier alpha value is -2.59. The molecule has 1 aliphatic rings. The number of nitrogens with one attached hydrogen (secondary N) is 1. The van der Waals surface area contributed by atoms with E-state index in [0.717, 1.165) is 29.2 Å². The van der Waals surface area contributed by atoms with Gasteiger partial charge >= 0.3 is 0 Å². The Balaban J connectivity index is 1.33. The van der Waals surface area contributed by atoms with E-state index in [4.69, 9.17) is 9.15 Å². The number of benzene rings is 2. The van der Waals surface area contributed by atoms with Crippen LogP contribution in [0.2, 0.25) is 0 Å². The van der Waals surface area contributed by atoms with Gasteiger partial charge < -0.3 is 14.5 Å². The predicted molar refractivity (Wildman–Crippen MR) is 107 cm³/mol. The van der Waals surface area contributed by atoms with E-state index < -0.39 is 0 Å². The molecule has 0 aliphatic carbocycles. The fraction of sp³-hybridized carbons (Fsp3) is 0.348. The standard InChI is InChI=1S/C23H26N2O2/c1-16-8-13-22(24-16)18-9-11-20(12-10-18)26-15-14-21-17(2)27-23(25-21)19-6-4-3-5-7-19/h3-7,9-12,16,22,24H,8,13-15H2,1-2H3/t16?,22-/m1/s1. The lowest BCUT2D eigenvalue weighted by atomic mass is 10.1. The van der Waals surface area contributed by atoms with Crippen molar-refractivity contribution in [2.45, 2.75) is 45.2 Å². The van der Waals surface area contributed by atoms with Crippen molar-refractivity contribution in [3.8, 4) is 17.2 Å². The number of oxazole rings is 1. The minimum atomic E-state index is 0.475. The highest BCUT2D eigenvalue weighted by Gasteiger charge is 2.21. The van der Waals surface area contributed by atoms with Gasteiger partial charge in [-0.15, -0.1) is 0 Å². The fourth-order valence-electron chi connectivity index (χ4n) is 3.62. The molecule has 1 aromatic heterocycles. The normalized spacial score (nSPS) is 19.3. The molecule has 0 spiro atoms. The van der Waals surface area contributed by atoms with Crippen LogP contribution in [0.15, 0.2) is 59.0 Å². The Morgan fingerprint density at radius 1 is 1.07 bits per heavy atom. The Labute approximate surface area is 160 Å². The van der Waals surface area contributed by atoms with Crippen LogP contribution in [0.4, 0.5) is 0 Å². The van der Waals surface area contributed by atoms with E-state index in [1.165, 1.54) is 18.4 Å². The SMILES string of the molecule is Cc1oc(-c2ccccc2)nc1CCOc1ccc([C@H]2CCC(C)N2)cc1. The van der Waals surface area contributed by atoms with Gasteiger partial charge in [0.05, 0.1) is 12.3 Å². The third-order valence-electron chi connectivity index (χ3n) is 5.18. The van der Waals surface area contributed by atoms with E-state index in [1.807, 2.05) is 37.3 Å². The summed E-state index contributed by atoms with van der Waals surface area (Å²) < 4.78 is 11.7. The van der Waals surface area contributed by atoms with Crippen molar-refractivity contribution >= 4 is 0 Å². The average molecular weight is 362 g/mol. The Kier molecular flexibility index (Phi) is 5.26. The highest BCUT2D eigenvalue weighted by Crippen LogP contribution is 2.27. The second kappa shape index (κ2) is 7.97. The number of hydrogen-bond donors (Lipinski definition) is 1. The van der Waals surface area contributed by atoms with Crippen LogP contribution in [0.1, 0.15) is 42.8 Å². The Morgan fingerprint density at radius 2 is 1.85 bits per heavy atom. The first-order valence-electron chi connectivity index (χ1n) is 9.69. The lowest BCUT2D eigenvalue weighted by Gasteiger charge is -2.13. The Bertz CT molecular complexity index is 871. The van der Waals surface area contributed by atoms with Crippen molar-refractivity contribution in [1.29, 1.82) is 0 Å². The van der Waals surface area contributed by atoms with E-state index in [9.17, 15) is 0 Å². The summed E-state index contributed by atoms with van der Waals surface area (Å²) in [5.41, 5.74) is 3.29. The maximum Gasteiger partial charge on any atom is 0.226 e. The molecule has 2 aromatic carbocycles. The quantitative estimate of drug-likeness (QED) is 0.664. The van der Waals surface area contributed by atoms with Gasteiger partial charge in [0.1, 0.15) is 11.5 Å². The molecule has 0 amide bonds. The first kappa shape index (κ1) is 17.8. The summed E-state index contributed by atoms with van der Waals surface area (Å²) in [5, 5.41) is 3.62. The maximum absolute atomic E-state index is 5.92. The number of aromatic nitrogens is 1. The van der Waals surface area contributed by atoms with Gasteiger partial charge in [0.2, 0.25) is 5.89 Å². The lowest BCUT2D eigenvalue weighted by molar-refractivity contribution is 0.319. The monoisotopic (exact) mass is 362 g/mol. The van der Waals surface area contributed by atoms with Crippen molar-refractivity contribution in [3.05, 3.63) is 71.6 Å².